The Bertz CT molecular complexity index is 425. The van der Waals surface area contributed by atoms with E-state index in [9.17, 15) is 9.18 Å². The maximum atomic E-state index is 13.7. The van der Waals surface area contributed by atoms with Crippen LogP contribution in [0.25, 0.3) is 0 Å². The van der Waals surface area contributed by atoms with Crippen LogP contribution in [-0.2, 0) is 4.79 Å². The SMILES string of the molecule is CCCCC(=O)C1CCC(c2ncccc2F)CC1. The van der Waals surface area contributed by atoms with Crippen LogP contribution >= 0.6 is 0 Å². The largest absolute Gasteiger partial charge is 0.299 e. The highest BCUT2D eigenvalue weighted by Gasteiger charge is 2.28. The van der Waals surface area contributed by atoms with E-state index in [1.165, 1.54) is 6.07 Å². The average molecular weight is 263 g/mol. The van der Waals surface area contributed by atoms with Crippen molar-refractivity contribution in [1.29, 1.82) is 0 Å². The van der Waals surface area contributed by atoms with E-state index in [1.54, 1.807) is 12.3 Å². The molecule has 1 aliphatic carbocycles. The summed E-state index contributed by atoms with van der Waals surface area (Å²) in [4.78, 5) is 16.1. The molecule has 2 nitrogen and oxygen atoms in total. The summed E-state index contributed by atoms with van der Waals surface area (Å²) in [6.07, 6.45) is 7.98. The molecule has 19 heavy (non-hydrogen) atoms. The van der Waals surface area contributed by atoms with Crippen LogP contribution in [0.4, 0.5) is 4.39 Å². The zero-order valence-corrected chi connectivity index (χ0v) is 11.6. The molecule has 1 aliphatic rings. The van der Waals surface area contributed by atoms with E-state index >= 15 is 0 Å². The Morgan fingerprint density at radius 3 is 2.74 bits per heavy atom. The Morgan fingerprint density at radius 1 is 1.37 bits per heavy atom. The first kappa shape index (κ1) is 14.2. The van der Waals surface area contributed by atoms with Crippen molar-refractivity contribution in [2.45, 2.75) is 57.8 Å². The van der Waals surface area contributed by atoms with Gasteiger partial charge in [0.25, 0.3) is 0 Å². The van der Waals surface area contributed by atoms with E-state index in [-0.39, 0.29) is 17.7 Å². The quantitative estimate of drug-likeness (QED) is 0.794. The van der Waals surface area contributed by atoms with Gasteiger partial charge in [-0.25, -0.2) is 4.39 Å². The minimum Gasteiger partial charge on any atom is -0.299 e. The summed E-state index contributed by atoms with van der Waals surface area (Å²) in [6, 6.07) is 3.10. The van der Waals surface area contributed by atoms with Crippen LogP contribution in [0.15, 0.2) is 18.3 Å². The zero-order valence-electron chi connectivity index (χ0n) is 11.6. The molecule has 0 aromatic carbocycles. The fourth-order valence-electron chi connectivity index (χ4n) is 2.94. The van der Waals surface area contributed by atoms with Gasteiger partial charge in [0, 0.05) is 24.5 Å². The first-order valence-electron chi connectivity index (χ1n) is 7.35. The number of pyridine rings is 1. The van der Waals surface area contributed by atoms with Crippen molar-refractivity contribution in [3.8, 4) is 0 Å². The topological polar surface area (TPSA) is 30.0 Å². The molecule has 1 heterocycles. The number of rotatable bonds is 5. The fraction of sp³-hybridized carbons (Fsp3) is 0.625. The van der Waals surface area contributed by atoms with E-state index in [0.717, 1.165) is 38.5 Å². The van der Waals surface area contributed by atoms with Crippen molar-refractivity contribution in [2.24, 2.45) is 5.92 Å². The Balaban J connectivity index is 1.89. The number of hydrogen-bond donors (Lipinski definition) is 0. The third-order valence-corrected chi connectivity index (χ3v) is 4.13. The predicted octanol–water partition coefficient (Wildman–Crippen LogP) is 4.25. The third kappa shape index (κ3) is 3.62. The van der Waals surface area contributed by atoms with Gasteiger partial charge in [-0.1, -0.05) is 13.3 Å². The Hall–Kier alpha value is -1.25. The monoisotopic (exact) mass is 263 g/mol. The second-order valence-electron chi connectivity index (χ2n) is 5.49. The molecule has 0 radical (unpaired) electrons. The Labute approximate surface area is 114 Å². The van der Waals surface area contributed by atoms with Crippen molar-refractivity contribution < 1.29 is 9.18 Å². The summed E-state index contributed by atoms with van der Waals surface area (Å²) < 4.78 is 13.7. The lowest BCUT2D eigenvalue weighted by Crippen LogP contribution is -2.21. The highest BCUT2D eigenvalue weighted by molar-refractivity contribution is 5.81. The van der Waals surface area contributed by atoms with Crippen molar-refractivity contribution in [2.75, 3.05) is 0 Å². The second-order valence-corrected chi connectivity index (χ2v) is 5.49. The van der Waals surface area contributed by atoms with Crippen LogP contribution in [0.2, 0.25) is 0 Å². The molecule has 3 heteroatoms. The molecule has 0 spiro atoms. The summed E-state index contributed by atoms with van der Waals surface area (Å²) in [5, 5.41) is 0. The van der Waals surface area contributed by atoms with E-state index in [2.05, 4.69) is 11.9 Å². The van der Waals surface area contributed by atoms with Crippen molar-refractivity contribution in [3.63, 3.8) is 0 Å². The molecular formula is C16H22FNO. The molecule has 0 saturated heterocycles. The molecule has 0 bridgehead atoms. The van der Waals surface area contributed by atoms with Crippen LogP contribution in [0.1, 0.15) is 63.5 Å². The minimum absolute atomic E-state index is 0.191. The molecule has 0 unspecified atom stereocenters. The van der Waals surface area contributed by atoms with Crippen LogP contribution < -0.4 is 0 Å². The highest BCUT2D eigenvalue weighted by Crippen LogP contribution is 2.36. The maximum absolute atomic E-state index is 13.7. The molecule has 1 aromatic rings. The lowest BCUT2D eigenvalue weighted by molar-refractivity contribution is -0.124. The van der Waals surface area contributed by atoms with Gasteiger partial charge in [0.2, 0.25) is 0 Å². The molecule has 104 valence electrons. The van der Waals surface area contributed by atoms with Crippen LogP contribution in [0.5, 0.6) is 0 Å². The van der Waals surface area contributed by atoms with Gasteiger partial charge in [-0.3, -0.25) is 9.78 Å². The van der Waals surface area contributed by atoms with Gasteiger partial charge < -0.3 is 0 Å². The first-order chi connectivity index (χ1) is 9.22. The molecule has 2 rings (SSSR count). The van der Waals surface area contributed by atoms with Gasteiger partial charge >= 0.3 is 0 Å². The van der Waals surface area contributed by atoms with Gasteiger partial charge in [-0.2, -0.15) is 0 Å². The zero-order chi connectivity index (χ0) is 13.7. The second kappa shape index (κ2) is 6.78. The molecule has 0 atom stereocenters. The standard InChI is InChI=1S/C16H22FNO/c1-2-3-6-15(19)12-7-9-13(10-8-12)16-14(17)5-4-11-18-16/h4-5,11-13H,2-3,6-10H2,1H3. The van der Waals surface area contributed by atoms with E-state index in [4.69, 9.17) is 0 Å². The third-order valence-electron chi connectivity index (χ3n) is 4.13. The number of ketones is 1. The first-order valence-corrected chi connectivity index (χ1v) is 7.35. The molecule has 1 saturated carbocycles. The molecule has 0 amide bonds. The van der Waals surface area contributed by atoms with Gasteiger partial charge in [0.05, 0.1) is 5.69 Å². The lowest BCUT2D eigenvalue weighted by Gasteiger charge is -2.27. The number of unbranched alkanes of at least 4 members (excludes halogenated alkanes) is 1. The van der Waals surface area contributed by atoms with E-state index in [0.29, 0.717) is 17.9 Å². The van der Waals surface area contributed by atoms with Gasteiger partial charge in [0.15, 0.2) is 0 Å². The summed E-state index contributed by atoms with van der Waals surface area (Å²) >= 11 is 0. The van der Waals surface area contributed by atoms with Crippen molar-refractivity contribution in [3.05, 3.63) is 29.8 Å². The van der Waals surface area contributed by atoms with Crippen molar-refractivity contribution in [1.82, 2.24) is 4.98 Å². The van der Waals surface area contributed by atoms with Crippen LogP contribution in [0, 0.1) is 11.7 Å². The smallest absolute Gasteiger partial charge is 0.144 e. The molecule has 0 N–H and O–H groups in total. The van der Waals surface area contributed by atoms with E-state index < -0.39 is 0 Å². The molecule has 1 aromatic heterocycles. The average Bonchev–Trinajstić information content (AvgIpc) is 2.45. The number of nitrogens with zero attached hydrogens (tertiary/aromatic N) is 1. The van der Waals surface area contributed by atoms with Crippen LogP contribution in [0.3, 0.4) is 0 Å². The number of carbonyl (C=O) groups excluding carboxylic acids is 1. The van der Waals surface area contributed by atoms with Gasteiger partial charge in [0.1, 0.15) is 11.6 Å². The number of Topliss-reactive ketones (excluding diaryl/α,β-unsaturated/α-hetero) is 1. The maximum Gasteiger partial charge on any atom is 0.144 e. The van der Waals surface area contributed by atoms with Gasteiger partial charge in [-0.05, 0) is 44.2 Å². The fourth-order valence-corrected chi connectivity index (χ4v) is 2.94. The minimum atomic E-state index is -0.205. The number of hydrogen-bond acceptors (Lipinski definition) is 2. The summed E-state index contributed by atoms with van der Waals surface area (Å²) in [6.45, 7) is 2.11. The number of aromatic nitrogens is 1. The molecule has 1 fully saturated rings. The predicted molar refractivity (Wildman–Crippen MR) is 73.4 cm³/mol. The Morgan fingerprint density at radius 2 is 2.11 bits per heavy atom. The summed E-state index contributed by atoms with van der Waals surface area (Å²) in [5.41, 5.74) is 0.585. The van der Waals surface area contributed by atoms with Gasteiger partial charge in [-0.15, -0.1) is 0 Å². The summed E-state index contributed by atoms with van der Waals surface area (Å²) in [7, 11) is 0. The molecule has 0 aliphatic heterocycles. The lowest BCUT2D eigenvalue weighted by atomic mass is 9.77. The number of halogens is 1. The Kier molecular flexibility index (Phi) is 5.06. The van der Waals surface area contributed by atoms with Crippen LogP contribution in [-0.4, -0.2) is 10.8 Å². The van der Waals surface area contributed by atoms with Crippen molar-refractivity contribution >= 4 is 5.78 Å². The number of carbonyl (C=O) groups is 1. The molecular weight excluding hydrogens is 241 g/mol. The highest BCUT2D eigenvalue weighted by atomic mass is 19.1. The van der Waals surface area contributed by atoms with E-state index in [1.807, 2.05) is 0 Å². The normalized spacial score (nSPS) is 23.3. The summed E-state index contributed by atoms with van der Waals surface area (Å²) in [5.74, 6) is 0.594.